The van der Waals surface area contributed by atoms with E-state index in [4.69, 9.17) is 9.47 Å². The molecule has 1 unspecified atom stereocenters. The van der Waals surface area contributed by atoms with E-state index >= 15 is 0 Å². The summed E-state index contributed by atoms with van der Waals surface area (Å²) in [6.45, 7) is 10.9. The number of ether oxygens (including phenoxy) is 2. The maximum atomic E-state index is 13.1. The van der Waals surface area contributed by atoms with Crippen LogP contribution in [0.4, 0.5) is 0 Å². The Morgan fingerprint density at radius 3 is 2.36 bits per heavy atom. The number of benzene rings is 2. The van der Waals surface area contributed by atoms with Gasteiger partial charge < -0.3 is 19.5 Å². The van der Waals surface area contributed by atoms with E-state index < -0.39 is 17.7 Å². The fraction of sp³-hybridized carbons (Fsp3) is 0.407. The summed E-state index contributed by atoms with van der Waals surface area (Å²) in [4.78, 5) is 27.6. The van der Waals surface area contributed by atoms with Crippen molar-refractivity contribution in [2.24, 2.45) is 0 Å². The molecule has 1 aliphatic heterocycles. The molecule has 1 N–H and O–H groups in total. The average Bonchev–Trinajstić information content (AvgIpc) is 3.04. The average molecular weight is 452 g/mol. The number of carbonyl (C=O) groups excluding carboxylic acids is 2. The molecular weight excluding hydrogens is 418 g/mol. The van der Waals surface area contributed by atoms with Crippen LogP contribution in [0.1, 0.15) is 63.3 Å². The largest absolute Gasteiger partial charge is 0.507 e. The van der Waals surface area contributed by atoms with Gasteiger partial charge in [0.25, 0.3) is 11.7 Å². The Balaban J connectivity index is 2.10. The molecule has 1 heterocycles. The van der Waals surface area contributed by atoms with Crippen molar-refractivity contribution in [2.75, 3.05) is 19.8 Å². The summed E-state index contributed by atoms with van der Waals surface area (Å²) in [5, 5.41) is 11.3. The van der Waals surface area contributed by atoms with Crippen LogP contribution in [0.3, 0.4) is 0 Å². The highest BCUT2D eigenvalue weighted by molar-refractivity contribution is 6.46. The molecule has 33 heavy (non-hydrogen) atoms. The van der Waals surface area contributed by atoms with E-state index in [0.717, 1.165) is 16.9 Å². The summed E-state index contributed by atoms with van der Waals surface area (Å²) >= 11 is 0. The Morgan fingerprint density at radius 1 is 1.06 bits per heavy atom. The number of carbonyl (C=O) groups is 2. The number of aliphatic hydroxyl groups is 1. The van der Waals surface area contributed by atoms with Crippen LogP contribution in [0.5, 0.6) is 5.75 Å². The number of aliphatic hydroxyl groups excluding tert-OH is 1. The fourth-order valence-corrected chi connectivity index (χ4v) is 4.07. The number of hydrogen-bond acceptors (Lipinski definition) is 5. The van der Waals surface area contributed by atoms with Crippen LogP contribution in [0, 0.1) is 0 Å². The smallest absolute Gasteiger partial charge is 0.295 e. The molecule has 0 aliphatic carbocycles. The van der Waals surface area contributed by atoms with Crippen LogP contribution >= 0.6 is 0 Å². The van der Waals surface area contributed by atoms with Gasteiger partial charge in [-0.05, 0) is 56.0 Å². The molecule has 1 aliphatic rings. The van der Waals surface area contributed by atoms with Gasteiger partial charge in [0.05, 0.1) is 30.9 Å². The van der Waals surface area contributed by atoms with Crippen LogP contribution < -0.4 is 4.74 Å². The monoisotopic (exact) mass is 451 g/mol. The summed E-state index contributed by atoms with van der Waals surface area (Å²) in [7, 11) is 0. The number of nitrogens with zero attached hydrogens (tertiary/aromatic N) is 1. The summed E-state index contributed by atoms with van der Waals surface area (Å²) in [5.74, 6) is -0.604. The first kappa shape index (κ1) is 24.5. The minimum Gasteiger partial charge on any atom is -0.507 e. The molecule has 1 amide bonds. The van der Waals surface area contributed by atoms with Crippen LogP contribution in [0.25, 0.3) is 5.76 Å². The molecule has 0 saturated carbocycles. The van der Waals surface area contributed by atoms with Crippen molar-refractivity contribution in [1.29, 1.82) is 0 Å². The molecule has 0 spiro atoms. The van der Waals surface area contributed by atoms with Crippen molar-refractivity contribution in [3.8, 4) is 5.75 Å². The van der Waals surface area contributed by atoms with Gasteiger partial charge >= 0.3 is 0 Å². The topological polar surface area (TPSA) is 76.1 Å². The van der Waals surface area contributed by atoms with E-state index in [1.165, 1.54) is 4.90 Å². The van der Waals surface area contributed by atoms with Crippen molar-refractivity contribution < 1.29 is 24.2 Å². The minimum absolute atomic E-state index is 0.00954. The lowest BCUT2D eigenvalue weighted by molar-refractivity contribution is -0.140. The van der Waals surface area contributed by atoms with Crippen LogP contribution in [0.2, 0.25) is 0 Å². The van der Waals surface area contributed by atoms with E-state index in [2.05, 4.69) is 0 Å². The zero-order chi connectivity index (χ0) is 24.1. The van der Waals surface area contributed by atoms with Crippen molar-refractivity contribution >= 4 is 17.4 Å². The quantitative estimate of drug-likeness (QED) is 0.328. The zero-order valence-corrected chi connectivity index (χ0v) is 20.0. The lowest BCUT2D eigenvalue weighted by Gasteiger charge is -2.25. The predicted octanol–water partition coefficient (Wildman–Crippen LogP) is 5.06. The second-order valence-corrected chi connectivity index (χ2v) is 8.66. The van der Waals surface area contributed by atoms with E-state index in [-0.39, 0.29) is 29.9 Å². The first-order chi connectivity index (χ1) is 15.8. The fourth-order valence-electron chi connectivity index (χ4n) is 4.07. The molecule has 1 atom stereocenters. The Hall–Kier alpha value is -3.12. The van der Waals surface area contributed by atoms with E-state index in [1.54, 1.807) is 12.1 Å². The standard InChI is InChI=1S/C27H33NO5/c1-6-32-22-13-12-20(16-21(22)17(2)3)25(29)23-24(19-10-8-7-9-11-19)28(27(31)26(23)30)14-15-33-18(4)5/h7-13,16-18,24,29H,6,14-15H2,1-5H3/b25-23-. The zero-order valence-electron chi connectivity index (χ0n) is 20.0. The molecular formula is C27H33NO5. The normalized spacial score (nSPS) is 17.9. The Labute approximate surface area is 195 Å². The van der Waals surface area contributed by atoms with Gasteiger partial charge in [-0.1, -0.05) is 44.2 Å². The Bertz CT molecular complexity index is 1030. The highest BCUT2D eigenvalue weighted by atomic mass is 16.5. The summed E-state index contributed by atoms with van der Waals surface area (Å²) in [5.41, 5.74) is 2.27. The molecule has 3 rings (SSSR count). The van der Waals surface area contributed by atoms with Gasteiger partial charge in [0, 0.05) is 12.1 Å². The number of likely N-dealkylation sites (tertiary alicyclic amines) is 1. The third-order valence-corrected chi connectivity index (χ3v) is 5.64. The maximum Gasteiger partial charge on any atom is 0.295 e. The summed E-state index contributed by atoms with van der Waals surface area (Å²) in [6, 6.07) is 14.0. The minimum atomic E-state index is -0.689. The van der Waals surface area contributed by atoms with E-state index in [0.29, 0.717) is 18.8 Å². The molecule has 1 fully saturated rings. The van der Waals surface area contributed by atoms with Crippen molar-refractivity contribution in [3.05, 3.63) is 70.8 Å². The first-order valence-corrected chi connectivity index (χ1v) is 11.5. The van der Waals surface area contributed by atoms with Gasteiger partial charge in [0.1, 0.15) is 11.5 Å². The lowest BCUT2D eigenvalue weighted by Crippen LogP contribution is -2.33. The maximum absolute atomic E-state index is 13.1. The number of amides is 1. The van der Waals surface area contributed by atoms with Gasteiger partial charge in [-0.2, -0.15) is 0 Å². The molecule has 0 aromatic heterocycles. The molecule has 176 valence electrons. The van der Waals surface area contributed by atoms with Gasteiger partial charge in [-0.3, -0.25) is 9.59 Å². The second kappa shape index (κ2) is 10.7. The first-order valence-electron chi connectivity index (χ1n) is 11.5. The molecule has 2 aromatic carbocycles. The SMILES string of the molecule is CCOc1ccc(/C(O)=C2/C(=O)C(=O)N(CCOC(C)C)C2c2ccccc2)cc1C(C)C. The molecule has 1 saturated heterocycles. The van der Waals surface area contributed by atoms with Gasteiger partial charge in [-0.15, -0.1) is 0 Å². The van der Waals surface area contributed by atoms with Crippen molar-refractivity contribution in [2.45, 2.75) is 52.7 Å². The Kier molecular flexibility index (Phi) is 7.92. The van der Waals surface area contributed by atoms with Crippen LogP contribution in [0.15, 0.2) is 54.1 Å². The summed E-state index contributed by atoms with van der Waals surface area (Å²) in [6.07, 6.45) is 0.00954. The molecule has 6 nitrogen and oxygen atoms in total. The van der Waals surface area contributed by atoms with E-state index in [1.807, 2.05) is 71.0 Å². The third-order valence-electron chi connectivity index (χ3n) is 5.64. The lowest BCUT2D eigenvalue weighted by atomic mass is 9.93. The van der Waals surface area contributed by atoms with Crippen LogP contribution in [-0.4, -0.2) is 47.6 Å². The number of Topliss-reactive ketones (excluding diaryl/α,β-unsaturated/α-hetero) is 1. The molecule has 6 heteroatoms. The van der Waals surface area contributed by atoms with Gasteiger partial charge in [0.15, 0.2) is 0 Å². The molecule has 0 radical (unpaired) electrons. The van der Waals surface area contributed by atoms with E-state index in [9.17, 15) is 14.7 Å². The highest BCUT2D eigenvalue weighted by Crippen LogP contribution is 2.40. The Morgan fingerprint density at radius 2 is 1.76 bits per heavy atom. The van der Waals surface area contributed by atoms with Gasteiger partial charge in [-0.25, -0.2) is 0 Å². The molecule has 0 bridgehead atoms. The number of ketones is 1. The number of rotatable bonds is 9. The van der Waals surface area contributed by atoms with Crippen molar-refractivity contribution in [3.63, 3.8) is 0 Å². The molecule has 2 aromatic rings. The highest BCUT2D eigenvalue weighted by Gasteiger charge is 2.45. The van der Waals surface area contributed by atoms with Gasteiger partial charge in [0.2, 0.25) is 0 Å². The second-order valence-electron chi connectivity index (χ2n) is 8.66. The predicted molar refractivity (Wildman–Crippen MR) is 128 cm³/mol. The van der Waals surface area contributed by atoms with Crippen LogP contribution in [-0.2, 0) is 14.3 Å². The summed E-state index contributed by atoms with van der Waals surface area (Å²) < 4.78 is 11.4. The third kappa shape index (κ3) is 5.28. The number of hydrogen-bond donors (Lipinski definition) is 1. The van der Waals surface area contributed by atoms with Crippen molar-refractivity contribution in [1.82, 2.24) is 4.90 Å².